The van der Waals surface area contributed by atoms with Gasteiger partial charge in [-0.15, -0.1) is 11.3 Å². The molecule has 0 fully saturated rings. The number of aromatic nitrogens is 3. The number of pyridine rings is 1. The summed E-state index contributed by atoms with van der Waals surface area (Å²) in [6.07, 6.45) is 4.91. The highest BCUT2D eigenvalue weighted by atomic mass is 32.1. The predicted octanol–water partition coefficient (Wildman–Crippen LogP) is 1.97. The van der Waals surface area contributed by atoms with Crippen LogP contribution in [0.1, 0.15) is 20.8 Å². The Bertz CT molecular complexity index is 930. The van der Waals surface area contributed by atoms with Gasteiger partial charge in [0.25, 0.3) is 11.5 Å². The molecule has 0 aromatic carbocycles. The normalized spacial score (nSPS) is 10.9. The summed E-state index contributed by atoms with van der Waals surface area (Å²) >= 11 is 1.26. The van der Waals surface area contributed by atoms with Crippen LogP contribution >= 0.6 is 11.3 Å². The Morgan fingerprint density at radius 1 is 1.43 bits per heavy atom. The highest BCUT2D eigenvalue weighted by molar-refractivity contribution is 7.20. The number of rotatable bonds is 3. The van der Waals surface area contributed by atoms with Gasteiger partial charge in [0.2, 0.25) is 0 Å². The minimum absolute atomic E-state index is 0.114. The molecule has 0 radical (unpaired) electrons. The molecule has 3 rings (SSSR count). The van der Waals surface area contributed by atoms with Crippen LogP contribution in [0.3, 0.4) is 0 Å². The Hall–Kier alpha value is -2.54. The summed E-state index contributed by atoms with van der Waals surface area (Å²) in [5.41, 5.74) is 1.52. The molecule has 6 nitrogen and oxygen atoms in total. The van der Waals surface area contributed by atoms with Crippen LogP contribution in [0.2, 0.25) is 0 Å². The summed E-state index contributed by atoms with van der Waals surface area (Å²) < 4.78 is 1.43. The van der Waals surface area contributed by atoms with Crippen LogP contribution in [-0.2, 0) is 13.6 Å². The first-order valence-electron chi connectivity index (χ1n) is 7.08. The maximum Gasteiger partial charge on any atom is 0.264 e. The summed E-state index contributed by atoms with van der Waals surface area (Å²) in [4.78, 5) is 36.0. The van der Waals surface area contributed by atoms with Crippen molar-refractivity contribution in [2.75, 3.05) is 7.05 Å². The smallest absolute Gasteiger partial charge is 0.264 e. The van der Waals surface area contributed by atoms with Gasteiger partial charge in [0, 0.05) is 33.0 Å². The third kappa shape index (κ3) is 2.75. The van der Waals surface area contributed by atoms with Crippen molar-refractivity contribution in [3.63, 3.8) is 0 Å². The molecular formula is C16H16N4O2S. The van der Waals surface area contributed by atoms with E-state index in [1.807, 2.05) is 12.1 Å². The zero-order valence-electron chi connectivity index (χ0n) is 13.1. The molecule has 1 amide bonds. The van der Waals surface area contributed by atoms with Gasteiger partial charge < -0.3 is 9.47 Å². The Morgan fingerprint density at radius 2 is 2.22 bits per heavy atom. The van der Waals surface area contributed by atoms with E-state index in [4.69, 9.17) is 0 Å². The molecule has 0 aliphatic heterocycles. The maximum atomic E-state index is 12.7. The highest BCUT2D eigenvalue weighted by Crippen LogP contribution is 2.27. The fourth-order valence-electron chi connectivity index (χ4n) is 2.42. The van der Waals surface area contributed by atoms with Crippen molar-refractivity contribution >= 4 is 27.5 Å². The summed E-state index contributed by atoms with van der Waals surface area (Å²) in [7, 11) is 3.40. The van der Waals surface area contributed by atoms with Crippen LogP contribution in [0.25, 0.3) is 10.2 Å². The number of hydrogen-bond acceptors (Lipinski definition) is 5. The van der Waals surface area contributed by atoms with E-state index in [1.54, 1.807) is 38.3 Å². The molecule has 0 N–H and O–H groups in total. The predicted molar refractivity (Wildman–Crippen MR) is 89.6 cm³/mol. The first-order valence-corrected chi connectivity index (χ1v) is 7.89. The zero-order chi connectivity index (χ0) is 16.6. The third-order valence-electron chi connectivity index (χ3n) is 3.69. The number of amides is 1. The van der Waals surface area contributed by atoms with Crippen LogP contribution < -0.4 is 5.56 Å². The fourth-order valence-corrected chi connectivity index (χ4v) is 3.56. The average molecular weight is 328 g/mol. The number of hydrogen-bond donors (Lipinski definition) is 0. The minimum Gasteiger partial charge on any atom is -0.337 e. The second-order valence-corrected chi connectivity index (χ2v) is 6.42. The van der Waals surface area contributed by atoms with Crippen molar-refractivity contribution in [3.05, 3.63) is 57.2 Å². The molecule has 0 atom stereocenters. The van der Waals surface area contributed by atoms with Crippen molar-refractivity contribution in [1.82, 2.24) is 19.4 Å². The molecule has 0 saturated heterocycles. The lowest BCUT2D eigenvalue weighted by Crippen LogP contribution is -2.26. The summed E-state index contributed by atoms with van der Waals surface area (Å²) in [5, 5.41) is 0.526. The van der Waals surface area contributed by atoms with Gasteiger partial charge in [-0.1, -0.05) is 6.07 Å². The Kier molecular flexibility index (Phi) is 3.96. The van der Waals surface area contributed by atoms with Gasteiger partial charge in [0.05, 0.1) is 16.6 Å². The number of thiophene rings is 1. The van der Waals surface area contributed by atoms with Crippen LogP contribution in [0.5, 0.6) is 0 Å². The molecule has 3 aromatic rings. The summed E-state index contributed by atoms with van der Waals surface area (Å²) in [6, 6.07) is 3.76. The molecule has 3 heterocycles. The van der Waals surface area contributed by atoms with Crippen molar-refractivity contribution in [3.8, 4) is 0 Å². The minimum atomic E-state index is -0.127. The second kappa shape index (κ2) is 5.92. The lowest BCUT2D eigenvalue weighted by Gasteiger charge is -2.16. The zero-order valence-corrected chi connectivity index (χ0v) is 13.9. The monoisotopic (exact) mass is 328 g/mol. The highest BCUT2D eigenvalue weighted by Gasteiger charge is 2.21. The maximum absolute atomic E-state index is 12.7. The standard InChI is InChI=1S/C16H16N4O2S/c1-10-12-14(18-9-20(3)15(12)21)23-13(10)16(22)19(2)8-11-5-4-6-17-7-11/h4-7,9H,8H2,1-3H3. The number of nitrogens with zero attached hydrogens (tertiary/aromatic N) is 4. The number of carbonyl (C=O) groups is 1. The molecule has 3 aromatic heterocycles. The molecular weight excluding hydrogens is 312 g/mol. The molecule has 0 spiro atoms. The largest absolute Gasteiger partial charge is 0.337 e. The van der Waals surface area contributed by atoms with Crippen molar-refractivity contribution in [1.29, 1.82) is 0 Å². The fraction of sp³-hybridized carbons (Fsp3) is 0.250. The van der Waals surface area contributed by atoms with E-state index in [2.05, 4.69) is 9.97 Å². The Labute approximate surface area is 137 Å². The Balaban J connectivity index is 1.96. The van der Waals surface area contributed by atoms with Crippen LogP contribution in [-0.4, -0.2) is 32.4 Å². The molecule has 0 aliphatic carbocycles. The third-order valence-corrected chi connectivity index (χ3v) is 4.88. The van der Waals surface area contributed by atoms with Crippen molar-refractivity contribution in [2.24, 2.45) is 7.05 Å². The van der Waals surface area contributed by atoms with Crippen LogP contribution in [0.15, 0.2) is 35.6 Å². The van der Waals surface area contributed by atoms with E-state index < -0.39 is 0 Å². The van der Waals surface area contributed by atoms with Gasteiger partial charge in [-0.25, -0.2) is 4.98 Å². The SMILES string of the molecule is Cc1c(C(=O)N(C)Cc2cccnc2)sc2ncn(C)c(=O)c12. The summed E-state index contributed by atoms with van der Waals surface area (Å²) in [5.74, 6) is -0.114. The molecule has 7 heteroatoms. The van der Waals surface area contributed by atoms with Gasteiger partial charge in [0.15, 0.2) is 0 Å². The molecule has 0 saturated carbocycles. The molecule has 0 bridgehead atoms. The molecule has 118 valence electrons. The van der Waals surface area contributed by atoms with Gasteiger partial charge in [-0.3, -0.25) is 14.6 Å². The van der Waals surface area contributed by atoms with Gasteiger partial charge in [-0.05, 0) is 24.1 Å². The molecule has 0 unspecified atom stereocenters. The quantitative estimate of drug-likeness (QED) is 0.737. The first-order chi connectivity index (χ1) is 11.0. The van der Waals surface area contributed by atoms with E-state index in [0.29, 0.717) is 27.2 Å². The van der Waals surface area contributed by atoms with E-state index in [9.17, 15) is 9.59 Å². The van der Waals surface area contributed by atoms with E-state index in [1.165, 1.54) is 22.2 Å². The van der Waals surface area contributed by atoms with Gasteiger partial charge in [-0.2, -0.15) is 0 Å². The topological polar surface area (TPSA) is 68.1 Å². The average Bonchev–Trinajstić information content (AvgIpc) is 2.88. The lowest BCUT2D eigenvalue weighted by molar-refractivity contribution is 0.0789. The van der Waals surface area contributed by atoms with Crippen LogP contribution in [0.4, 0.5) is 0 Å². The second-order valence-electron chi connectivity index (χ2n) is 5.42. The molecule has 23 heavy (non-hydrogen) atoms. The first kappa shape index (κ1) is 15.4. The van der Waals surface area contributed by atoms with E-state index in [-0.39, 0.29) is 11.5 Å². The number of carbonyl (C=O) groups excluding carboxylic acids is 1. The van der Waals surface area contributed by atoms with E-state index >= 15 is 0 Å². The van der Waals surface area contributed by atoms with Crippen LogP contribution in [0, 0.1) is 6.92 Å². The van der Waals surface area contributed by atoms with E-state index in [0.717, 1.165) is 5.56 Å². The number of fused-ring (bicyclic) bond motifs is 1. The van der Waals surface area contributed by atoms with Gasteiger partial charge >= 0.3 is 0 Å². The van der Waals surface area contributed by atoms with Crippen molar-refractivity contribution < 1.29 is 4.79 Å². The van der Waals surface area contributed by atoms with Crippen molar-refractivity contribution in [2.45, 2.75) is 13.5 Å². The molecule has 0 aliphatic rings. The summed E-state index contributed by atoms with van der Waals surface area (Å²) in [6.45, 7) is 2.26. The number of aryl methyl sites for hydroxylation is 2. The lowest BCUT2D eigenvalue weighted by atomic mass is 10.2. The van der Waals surface area contributed by atoms with Gasteiger partial charge in [0.1, 0.15) is 4.83 Å². The Morgan fingerprint density at radius 3 is 2.91 bits per heavy atom.